The monoisotopic (exact) mass is 362 g/mol. The molecule has 8 nitrogen and oxygen atoms in total. The maximum atomic E-state index is 12.7. The highest BCUT2D eigenvalue weighted by Gasteiger charge is 2.19. The summed E-state index contributed by atoms with van der Waals surface area (Å²) in [7, 11) is 3.05. The van der Waals surface area contributed by atoms with Crippen molar-refractivity contribution in [3.8, 4) is 0 Å². The molecule has 0 aliphatic carbocycles. The van der Waals surface area contributed by atoms with Gasteiger partial charge in [-0.3, -0.25) is 18.5 Å². The Morgan fingerprint density at radius 1 is 1.16 bits per heavy atom. The van der Waals surface area contributed by atoms with Gasteiger partial charge in [-0.1, -0.05) is 23.7 Å². The molecule has 0 amide bonds. The maximum absolute atomic E-state index is 12.7. The van der Waals surface area contributed by atoms with Crippen LogP contribution in [0.5, 0.6) is 0 Å². The van der Waals surface area contributed by atoms with Crippen molar-refractivity contribution in [2.45, 2.75) is 6.54 Å². The fourth-order valence-electron chi connectivity index (χ4n) is 2.69. The summed E-state index contributed by atoms with van der Waals surface area (Å²) in [6.45, 7) is 1.33. The molecular formula is C16H19ClN6O2. The molecular weight excluding hydrogens is 344 g/mol. The summed E-state index contributed by atoms with van der Waals surface area (Å²) < 4.78 is 4.20. The number of aromatic nitrogens is 4. The second kappa shape index (κ2) is 6.73. The minimum absolute atomic E-state index is 0.335. The third-order valence-electron chi connectivity index (χ3n) is 4.03. The van der Waals surface area contributed by atoms with Gasteiger partial charge in [0.05, 0.1) is 6.54 Å². The summed E-state index contributed by atoms with van der Waals surface area (Å²) in [5.41, 5.74) is 6.41. The molecule has 0 atom stereocenters. The van der Waals surface area contributed by atoms with Crippen LogP contribution in [-0.4, -0.2) is 31.8 Å². The van der Waals surface area contributed by atoms with Gasteiger partial charge in [-0.15, -0.1) is 0 Å². The number of hydrogen-bond acceptors (Lipinski definition) is 5. The molecule has 3 rings (SSSR count). The largest absolute Gasteiger partial charge is 0.354 e. The summed E-state index contributed by atoms with van der Waals surface area (Å²) >= 11 is 5.94. The van der Waals surface area contributed by atoms with Gasteiger partial charge in [-0.2, -0.15) is 4.98 Å². The Morgan fingerprint density at radius 2 is 1.84 bits per heavy atom. The molecule has 2 heterocycles. The van der Waals surface area contributed by atoms with Crippen LogP contribution in [0.15, 0.2) is 33.9 Å². The minimum Gasteiger partial charge on any atom is -0.354 e. The van der Waals surface area contributed by atoms with Crippen LogP contribution >= 0.6 is 11.6 Å². The second-order valence-electron chi connectivity index (χ2n) is 5.74. The fraction of sp³-hybridized carbons (Fsp3) is 0.312. The molecule has 2 aromatic heterocycles. The average Bonchev–Trinajstić information content (AvgIpc) is 2.96. The molecule has 0 saturated carbocycles. The van der Waals surface area contributed by atoms with Gasteiger partial charge in [-0.05, 0) is 17.7 Å². The van der Waals surface area contributed by atoms with Crippen LogP contribution < -0.4 is 22.3 Å². The fourth-order valence-corrected chi connectivity index (χ4v) is 2.82. The Hall–Kier alpha value is -2.58. The summed E-state index contributed by atoms with van der Waals surface area (Å²) in [4.78, 5) is 29.3. The van der Waals surface area contributed by atoms with Crippen LogP contribution in [0.25, 0.3) is 11.2 Å². The lowest BCUT2D eigenvalue weighted by Gasteiger charge is -2.10. The van der Waals surface area contributed by atoms with E-state index in [1.54, 1.807) is 23.7 Å². The second-order valence-corrected chi connectivity index (χ2v) is 6.18. The van der Waals surface area contributed by atoms with E-state index in [0.29, 0.717) is 41.8 Å². The quantitative estimate of drug-likeness (QED) is 0.688. The van der Waals surface area contributed by atoms with Crippen LogP contribution in [0.4, 0.5) is 5.95 Å². The third kappa shape index (κ3) is 3.06. The van der Waals surface area contributed by atoms with Gasteiger partial charge >= 0.3 is 5.69 Å². The van der Waals surface area contributed by atoms with Crippen LogP contribution in [0, 0.1) is 0 Å². The van der Waals surface area contributed by atoms with Crippen molar-refractivity contribution >= 4 is 28.7 Å². The number of rotatable bonds is 5. The van der Waals surface area contributed by atoms with Gasteiger partial charge in [-0.25, -0.2) is 4.79 Å². The van der Waals surface area contributed by atoms with Gasteiger partial charge in [0.25, 0.3) is 5.56 Å². The molecule has 0 spiro atoms. The maximum Gasteiger partial charge on any atom is 0.332 e. The average molecular weight is 363 g/mol. The van der Waals surface area contributed by atoms with Crippen molar-refractivity contribution in [2.24, 2.45) is 19.8 Å². The SMILES string of the molecule is Cn1c(=O)c2c(nc(NCCN)n2Cc2ccc(Cl)cc2)n(C)c1=O. The Balaban J connectivity index is 2.24. The van der Waals surface area contributed by atoms with E-state index < -0.39 is 5.69 Å². The lowest BCUT2D eigenvalue weighted by atomic mass is 10.2. The Bertz CT molecular complexity index is 1030. The molecule has 3 aromatic rings. The van der Waals surface area contributed by atoms with E-state index in [1.807, 2.05) is 12.1 Å². The zero-order valence-corrected chi connectivity index (χ0v) is 14.7. The molecule has 3 N–H and O–H groups in total. The Labute approximate surface area is 148 Å². The van der Waals surface area contributed by atoms with Crippen LogP contribution in [0.3, 0.4) is 0 Å². The number of nitrogens with one attached hydrogen (secondary N) is 1. The van der Waals surface area contributed by atoms with E-state index in [1.165, 1.54) is 11.6 Å². The number of benzene rings is 1. The highest BCUT2D eigenvalue weighted by Crippen LogP contribution is 2.18. The smallest absolute Gasteiger partial charge is 0.332 e. The number of halogens is 1. The number of fused-ring (bicyclic) bond motifs is 1. The molecule has 25 heavy (non-hydrogen) atoms. The number of imidazole rings is 1. The molecule has 0 saturated heterocycles. The molecule has 0 radical (unpaired) electrons. The van der Waals surface area contributed by atoms with Crippen LogP contribution in [0.2, 0.25) is 5.02 Å². The van der Waals surface area contributed by atoms with E-state index in [0.717, 1.165) is 10.1 Å². The Kier molecular flexibility index (Phi) is 4.65. The van der Waals surface area contributed by atoms with Gasteiger partial charge in [0.15, 0.2) is 11.2 Å². The summed E-state index contributed by atoms with van der Waals surface area (Å²) in [6, 6.07) is 7.34. The predicted molar refractivity (Wildman–Crippen MR) is 98.3 cm³/mol. The van der Waals surface area contributed by atoms with Gasteiger partial charge in [0, 0.05) is 32.2 Å². The van der Waals surface area contributed by atoms with Crippen molar-refractivity contribution in [2.75, 3.05) is 18.4 Å². The highest BCUT2D eigenvalue weighted by atomic mass is 35.5. The molecule has 132 valence electrons. The zero-order chi connectivity index (χ0) is 18.1. The molecule has 9 heteroatoms. The highest BCUT2D eigenvalue weighted by molar-refractivity contribution is 6.30. The van der Waals surface area contributed by atoms with E-state index in [2.05, 4.69) is 10.3 Å². The van der Waals surface area contributed by atoms with Gasteiger partial charge < -0.3 is 11.1 Å². The molecule has 0 aliphatic rings. The van der Waals surface area contributed by atoms with Crippen molar-refractivity contribution in [3.63, 3.8) is 0 Å². The van der Waals surface area contributed by atoms with Gasteiger partial charge in [0.1, 0.15) is 0 Å². The lowest BCUT2D eigenvalue weighted by Crippen LogP contribution is -2.37. The number of nitrogens with zero attached hydrogens (tertiary/aromatic N) is 4. The first-order valence-electron chi connectivity index (χ1n) is 7.78. The third-order valence-corrected chi connectivity index (χ3v) is 4.28. The molecule has 0 unspecified atom stereocenters. The minimum atomic E-state index is -0.418. The van der Waals surface area contributed by atoms with E-state index >= 15 is 0 Å². The molecule has 0 bridgehead atoms. The van der Waals surface area contributed by atoms with Crippen molar-refractivity contribution in [1.82, 2.24) is 18.7 Å². The molecule has 1 aromatic carbocycles. The van der Waals surface area contributed by atoms with Crippen LogP contribution in [0.1, 0.15) is 5.56 Å². The van der Waals surface area contributed by atoms with E-state index in [-0.39, 0.29) is 5.56 Å². The van der Waals surface area contributed by atoms with Crippen molar-refractivity contribution in [3.05, 3.63) is 55.7 Å². The zero-order valence-electron chi connectivity index (χ0n) is 14.0. The summed E-state index contributed by atoms with van der Waals surface area (Å²) in [5, 5.41) is 3.75. The standard InChI is InChI=1S/C16H19ClN6O2/c1-21-13-12(14(24)22(2)16(21)25)23(15(20-13)19-8-7-18)9-10-3-5-11(17)6-4-10/h3-6H,7-9,18H2,1-2H3,(H,19,20). The normalized spacial score (nSPS) is 11.2. The summed E-state index contributed by atoms with van der Waals surface area (Å²) in [5.74, 6) is 0.494. The molecule has 0 aliphatic heterocycles. The number of aryl methyl sites for hydroxylation is 1. The van der Waals surface area contributed by atoms with Crippen molar-refractivity contribution in [1.29, 1.82) is 0 Å². The lowest BCUT2D eigenvalue weighted by molar-refractivity contribution is 0.702. The number of anilines is 1. The van der Waals surface area contributed by atoms with E-state index in [4.69, 9.17) is 17.3 Å². The first kappa shape index (κ1) is 17.2. The summed E-state index contributed by atoms with van der Waals surface area (Å²) in [6.07, 6.45) is 0. The van der Waals surface area contributed by atoms with Gasteiger partial charge in [0.2, 0.25) is 5.95 Å². The van der Waals surface area contributed by atoms with Crippen LogP contribution in [-0.2, 0) is 20.6 Å². The number of nitrogens with two attached hydrogens (primary N) is 1. The molecule has 0 fully saturated rings. The van der Waals surface area contributed by atoms with E-state index in [9.17, 15) is 9.59 Å². The number of hydrogen-bond donors (Lipinski definition) is 2. The topological polar surface area (TPSA) is 99.9 Å². The first-order valence-corrected chi connectivity index (χ1v) is 8.16. The first-order chi connectivity index (χ1) is 11.9. The Morgan fingerprint density at radius 3 is 2.48 bits per heavy atom. The van der Waals surface area contributed by atoms with Crippen molar-refractivity contribution < 1.29 is 0 Å². The predicted octanol–water partition coefficient (Wildman–Crippen LogP) is 0.506.